The number of anilines is 2. The number of ether oxygens (including phenoxy) is 1. The van der Waals surface area contributed by atoms with Crippen molar-refractivity contribution in [3.63, 3.8) is 0 Å². The molecule has 0 heterocycles. The molecule has 0 radical (unpaired) electrons. The molecule has 0 aliphatic rings. The van der Waals surface area contributed by atoms with Gasteiger partial charge in [-0.05, 0) is 54.6 Å². The lowest BCUT2D eigenvalue weighted by Gasteiger charge is -2.24. The van der Waals surface area contributed by atoms with Crippen molar-refractivity contribution in [2.24, 2.45) is 5.10 Å². The number of methoxy groups -OCH3 is 1. The largest absolute Gasteiger partial charge is 0.497 e. The highest BCUT2D eigenvalue weighted by Crippen LogP contribution is 2.26. The topological polar surface area (TPSA) is 117 Å². The van der Waals surface area contributed by atoms with E-state index in [9.17, 15) is 18.0 Å². The number of sulfonamides is 1. The molecule has 0 unspecified atom stereocenters. The molecule has 0 aliphatic carbocycles. The van der Waals surface area contributed by atoms with Gasteiger partial charge in [-0.25, -0.2) is 13.8 Å². The van der Waals surface area contributed by atoms with Gasteiger partial charge in [0.2, 0.25) is 5.91 Å². The molecular formula is C24H23ClN4O5S. The van der Waals surface area contributed by atoms with Gasteiger partial charge in [-0.3, -0.25) is 13.9 Å². The summed E-state index contributed by atoms with van der Waals surface area (Å²) in [5.74, 6) is -0.420. The number of hydrazone groups is 1. The molecule has 3 aromatic rings. The number of carbonyl (C=O) groups is 2. The normalized spacial score (nSPS) is 11.2. The van der Waals surface area contributed by atoms with Gasteiger partial charge in [0.05, 0.1) is 23.9 Å². The minimum Gasteiger partial charge on any atom is -0.497 e. The van der Waals surface area contributed by atoms with Crippen LogP contribution >= 0.6 is 11.6 Å². The van der Waals surface area contributed by atoms with Crippen molar-refractivity contribution >= 4 is 51.0 Å². The second-order valence-corrected chi connectivity index (χ2v) is 9.50. The third kappa shape index (κ3) is 6.81. The molecule has 3 rings (SSSR count). The zero-order chi connectivity index (χ0) is 25.4. The molecule has 182 valence electrons. The average molecular weight is 515 g/mol. The fraction of sp³-hybridized carbons (Fsp3) is 0.125. The van der Waals surface area contributed by atoms with Crippen molar-refractivity contribution in [1.29, 1.82) is 0 Å². The molecule has 0 fully saturated rings. The van der Waals surface area contributed by atoms with Crippen molar-refractivity contribution in [2.75, 3.05) is 23.3 Å². The Bertz CT molecular complexity index is 1330. The van der Waals surface area contributed by atoms with Crippen LogP contribution in [0.15, 0.2) is 82.8 Å². The van der Waals surface area contributed by atoms with Crippen LogP contribution in [0.1, 0.15) is 12.5 Å². The highest BCUT2D eigenvalue weighted by atomic mass is 35.5. The van der Waals surface area contributed by atoms with Gasteiger partial charge in [0.15, 0.2) is 0 Å². The second kappa shape index (κ2) is 11.5. The van der Waals surface area contributed by atoms with Crippen LogP contribution < -0.4 is 19.8 Å². The number of nitrogens with one attached hydrogen (secondary N) is 2. The van der Waals surface area contributed by atoms with Gasteiger partial charge in [0, 0.05) is 23.2 Å². The molecule has 0 aliphatic heterocycles. The molecule has 2 N–H and O–H groups in total. The Morgan fingerprint density at radius 1 is 1.03 bits per heavy atom. The van der Waals surface area contributed by atoms with Crippen molar-refractivity contribution in [2.45, 2.75) is 11.8 Å². The van der Waals surface area contributed by atoms with Gasteiger partial charge < -0.3 is 10.1 Å². The summed E-state index contributed by atoms with van der Waals surface area (Å²) in [4.78, 5) is 23.8. The van der Waals surface area contributed by atoms with E-state index < -0.39 is 22.5 Å². The van der Waals surface area contributed by atoms with E-state index in [1.807, 2.05) is 0 Å². The molecule has 0 atom stereocenters. The van der Waals surface area contributed by atoms with E-state index >= 15 is 0 Å². The second-order valence-electron chi connectivity index (χ2n) is 7.23. The zero-order valence-corrected chi connectivity index (χ0v) is 20.5. The molecule has 0 saturated heterocycles. The van der Waals surface area contributed by atoms with Gasteiger partial charge in [0.1, 0.15) is 12.3 Å². The van der Waals surface area contributed by atoms with Crippen molar-refractivity contribution in [1.82, 2.24) is 5.43 Å². The van der Waals surface area contributed by atoms with E-state index in [1.54, 1.807) is 36.4 Å². The maximum Gasteiger partial charge on any atom is 0.264 e. The van der Waals surface area contributed by atoms with Crippen molar-refractivity contribution in [3.05, 3.63) is 83.4 Å². The Labute approximate surface area is 208 Å². The number of rotatable bonds is 9. The third-order valence-electron chi connectivity index (χ3n) is 4.71. The number of halogens is 1. The first-order chi connectivity index (χ1) is 16.7. The molecule has 3 aromatic carbocycles. The molecule has 0 bridgehead atoms. The minimum atomic E-state index is -4.15. The standard InChI is InChI=1S/C24H23ClN4O5S/c1-17(30)27-19-7-13-22(14-8-19)35(32,33)29(20-9-11-21(34-2)12-10-20)16-24(31)28-26-15-18-5-3-4-6-23(18)25/h3-15H,16H2,1-2H3,(H,27,30)(H,28,31)/b26-15-. The summed E-state index contributed by atoms with van der Waals surface area (Å²) in [5.41, 5.74) is 3.62. The quantitative estimate of drug-likeness (QED) is 0.334. The van der Waals surface area contributed by atoms with Crippen molar-refractivity contribution < 1.29 is 22.7 Å². The monoisotopic (exact) mass is 514 g/mol. The fourth-order valence-electron chi connectivity index (χ4n) is 3.02. The van der Waals surface area contributed by atoms with E-state index in [4.69, 9.17) is 16.3 Å². The van der Waals surface area contributed by atoms with E-state index in [0.717, 1.165) is 4.31 Å². The summed E-state index contributed by atoms with van der Waals surface area (Å²) in [6.07, 6.45) is 1.37. The highest BCUT2D eigenvalue weighted by Gasteiger charge is 2.27. The molecule has 35 heavy (non-hydrogen) atoms. The highest BCUT2D eigenvalue weighted by molar-refractivity contribution is 7.92. The predicted molar refractivity (Wildman–Crippen MR) is 135 cm³/mol. The van der Waals surface area contributed by atoms with Crippen LogP contribution in [0.4, 0.5) is 11.4 Å². The van der Waals surface area contributed by atoms with E-state index in [2.05, 4.69) is 15.8 Å². The number of carbonyl (C=O) groups excluding carboxylic acids is 2. The summed E-state index contributed by atoms with van der Waals surface area (Å²) in [6, 6.07) is 18.8. The average Bonchev–Trinajstić information content (AvgIpc) is 2.84. The Morgan fingerprint density at radius 3 is 2.29 bits per heavy atom. The van der Waals surface area contributed by atoms with E-state index in [0.29, 0.717) is 22.0 Å². The number of hydrogen-bond donors (Lipinski definition) is 2. The summed E-state index contributed by atoms with van der Waals surface area (Å²) in [7, 11) is -2.66. The summed E-state index contributed by atoms with van der Waals surface area (Å²) in [5, 5.41) is 6.91. The van der Waals surface area contributed by atoms with Crippen LogP contribution in [0.3, 0.4) is 0 Å². The van der Waals surface area contributed by atoms with Crippen LogP contribution in [0.25, 0.3) is 0 Å². The van der Waals surface area contributed by atoms with Crippen LogP contribution in [0, 0.1) is 0 Å². The first kappa shape index (κ1) is 25.7. The maximum atomic E-state index is 13.5. The van der Waals surface area contributed by atoms with E-state index in [1.165, 1.54) is 56.6 Å². The molecule has 2 amide bonds. The summed E-state index contributed by atoms with van der Waals surface area (Å²) >= 11 is 6.07. The smallest absolute Gasteiger partial charge is 0.264 e. The number of amides is 2. The minimum absolute atomic E-state index is 0.0604. The van der Waals surface area contributed by atoms with Crippen LogP contribution in [0.2, 0.25) is 5.02 Å². The van der Waals surface area contributed by atoms with Gasteiger partial charge in [-0.15, -0.1) is 0 Å². The summed E-state index contributed by atoms with van der Waals surface area (Å²) in [6.45, 7) is 0.810. The molecular weight excluding hydrogens is 492 g/mol. The van der Waals surface area contributed by atoms with Crippen LogP contribution in [0.5, 0.6) is 5.75 Å². The predicted octanol–water partition coefficient (Wildman–Crippen LogP) is 3.65. The zero-order valence-electron chi connectivity index (χ0n) is 18.9. The fourth-order valence-corrected chi connectivity index (χ4v) is 4.63. The maximum absolute atomic E-state index is 13.5. The number of benzene rings is 3. The Hall–Kier alpha value is -3.89. The van der Waals surface area contributed by atoms with E-state index in [-0.39, 0.29) is 16.5 Å². The Morgan fingerprint density at radius 2 is 1.69 bits per heavy atom. The Balaban J connectivity index is 1.86. The van der Waals surface area contributed by atoms with Gasteiger partial charge >= 0.3 is 0 Å². The van der Waals surface area contributed by atoms with Gasteiger partial charge in [0.25, 0.3) is 15.9 Å². The lowest BCUT2D eigenvalue weighted by molar-refractivity contribution is -0.119. The number of hydrogen-bond acceptors (Lipinski definition) is 6. The van der Waals surface area contributed by atoms with Crippen molar-refractivity contribution in [3.8, 4) is 5.75 Å². The molecule has 11 heteroatoms. The first-order valence-electron chi connectivity index (χ1n) is 10.3. The SMILES string of the molecule is COc1ccc(N(CC(=O)N/N=C\c2ccccc2Cl)S(=O)(=O)c2ccc(NC(C)=O)cc2)cc1. The van der Waals surface area contributed by atoms with Crippen LogP contribution in [-0.4, -0.2) is 40.1 Å². The van der Waals surface area contributed by atoms with Crippen LogP contribution in [-0.2, 0) is 19.6 Å². The summed E-state index contributed by atoms with van der Waals surface area (Å²) < 4.78 is 33.0. The van der Waals surface area contributed by atoms with Gasteiger partial charge in [-0.2, -0.15) is 5.10 Å². The molecule has 0 spiro atoms. The number of nitrogens with zero attached hydrogens (tertiary/aromatic N) is 2. The lowest BCUT2D eigenvalue weighted by atomic mass is 10.2. The lowest BCUT2D eigenvalue weighted by Crippen LogP contribution is -2.39. The third-order valence-corrected chi connectivity index (χ3v) is 6.84. The molecule has 9 nitrogen and oxygen atoms in total. The first-order valence-corrected chi connectivity index (χ1v) is 12.1. The van der Waals surface area contributed by atoms with Gasteiger partial charge in [-0.1, -0.05) is 29.8 Å². The molecule has 0 saturated carbocycles. The Kier molecular flexibility index (Phi) is 8.45. The molecule has 0 aromatic heterocycles.